The Morgan fingerprint density at radius 3 is 2.56 bits per heavy atom. The van der Waals surface area contributed by atoms with Crippen LogP contribution in [0.2, 0.25) is 0 Å². The first-order chi connectivity index (χ1) is 13.0. The molecule has 0 aliphatic carbocycles. The number of anilines is 1. The highest BCUT2D eigenvalue weighted by Gasteiger charge is 2.11. The van der Waals surface area contributed by atoms with Crippen molar-refractivity contribution in [1.29, 1.82) is 0 Å². The zero-order chi connectivity index (χ0) is 19.2. The van der Waals surface area contributed by atoms with Gasteiger partial charge in [-0.15, -0.1) is 11.3 Å². The van der Waals surface area contributed by atoms with Crippen molar-refractivity contribution in [3.8, 4) is 0 Å². The van der Waals surface area contributed by atoms with Crippen molar-refractivity contribution >= 4 is 28.3 Å². The first-order valence-corrected chi connectivity index (χ1v) is 8.84. The lowest BCUT2D eigenvalue weighted by atomic mass is 10.1. The van der Waals surface area contributed by atoms with E-state index in [2.05, 4.69) is 15.6 Å². The lowest BCUT2D eigenvalue weighted by molar-refractivity contribution is -0.115. The van der Waals surface area contributed by atoms with Crippen LogP contribution < -0.4 is 10.6 Å². The summed E-state index contributed by atoms with van der Waals surface area (Å²) in [6.45, 7) is -0.189. The van der Waals surface area contributed by atoms with E-state index in [0.29, 0.717) is 22.7 Å². The Morgan fingerprint density at radius 2 is 1.81 bits per heavy atom. The van der Waals surface area contributed by atoms with Crippen LogP contribution in [0.1, 0.15) is 20.8 Å². The molecule has 0 saturated carbocycles. The van der Waals surface area contributed by atoms with E-state index in [-0.39, 0.29) is 12.5 Å². The minimum absolute atomic E-state index is 0.189. The molecule has 0 aliphatic rings. The molecule has 1 heterocycles. The molecule has 8 heteroatoms. The average molecular weight is 387 g/mol. The molecule has 0 bridgehead atoms. The fraction of sp³-hybridized carbons (Fsp3) is 0.105. The zero-order valence-corrected chi connectivity index (χ0v) is 14.9. The number of benzene rings is 2. The second kappa shape index (κ2) is 8.50. The fourth-order valence-corrected chi connectivity index (χ4v) is 3.18. The SMILES string of the molecule is O=C(CNC(=O)c1ccccc1)Nc1ncc(Cc2ccc(F)c(F)c2)s1. The molecule has 0 radical (unpaired) electrons. The van der Waals surface area contributed by atoms with Gasteiger partial charge >= 0.3 is 0 Å². The van der Waals surface area contributed by atoms with Crippen LogP contribution in [0, 0.1) is 11.6 Å². The molecule has 1 aromatic heterocycles. The van der Waals surface area contributed by atoms with Crippen LogP contribution >= 0.6 is 11.3 Å². The van der Waals surface area contributed by atoms with E-state index in [1.807, 2.05) is 0 Å². The Hall–Kier alpha value is -3.13. The molecular formula is C19H15F2N3O2S. The number of hydrogen-bond donors (Lipinski definition) is 2. The Labute approximate surface area is 158 Å². The monoisotopic (exact) mass is 387 g/mol. The number of amides is 2. The van der Waals surface area contributed by atoms with Crippen molar-refractivity contribution < 1.29 is 18.4 Å². The van der Waals surface area contributed by atoms with Crippen LogP contribution in [0.4, 0.5) is 13.9 Å². The molecule has 2 amide bonds. The molecule has 0 fully saturated rings. The lowest BCUT2D eigenvalue weighted by Gasteiger charge is -2.05. The standard InChI is InChI=1S/C19H15F2N3O2S/c20-15-7-6-12(9-16(15)21)8-14-10-23-19(27-14)24-17(25)11-22-18(26)13-4-2-1-3-5-13/h1-7,9-10H,8,11H2,(H,22,26)(H,23,24,25). The van der Waals surface area contributed by atoms with Crippen molar-refractivity contribution in [2.75, 3.05) is 11.9 Å². The van der Waals surface area contributed by atoms with E-state index in [4.69, 9.17) is 0 Å². The van der Waals surface area contributed by atoms with Crippen molar-refractivity contribution in [3.63, 3.8) is 0 Å². The summed E-state index contributed by atoms with van der Waals surface area (Å²) in [5.41, 5.74) is 1.07. The highest BCUT2D eigenvalue weighted by atomic mass is 32.1. The summed E-state index contributed by atoms with van der Waals surface area (Å²) >= 11 is 1.22. The Morgan fingerprint density at radius 1 is 1.04 bits per heavy atom. The summed E-state index contributed by atoms with van der Waals surface area (Å²) < 4.78 is 26.2. The minimum Gasteiger partial charge on any atom is -0.343 e. The van der Waals surface area contributed by atoms with Crippen molar-refractivity contribution in [1.82, 2.24) is 10.3 Å². The third-order valence-electron chi connectivity index (χ3n) is 3.61. The smallest absolute Gasteiger partial charge is 0.251 e. The molecular weight excluding hydrogens is 372 g/mol. The number of aromatic nitrogens is 1. The average Bonchev–Trinajstić information content (AvgIpc) is 3.10. The van der Waals surface area contributed by atoms with Gasteiger partial charge in [-0.3, -0.25) is 9.59 Å². The molecule has 3 rings (SSSR count). The van der Waals surface area contributed by atoms with E-state index in [9.17, 15) is 18.4 Å². The number of rotatable bonds is 6. The predicted molar refractivity (Wildman–Crippen MR) is 98.7 cm³/mol. The van der Waals surface area contributed by atoms with Gasteiger partial charge in [0, 0.05) is 23.1 Å². The van der Waals surface area contributed by atoms with E-state index in [0.717, 1.165) is 17.0 Å². The van der Waals surface area contributed by atoms with Gasteiger partial charge in [-0.1, -0.05) is 24.3 Å². The van der Waals surface area contributed by atoms with Crippen molar-refractivity contribution in [2.45, 2.75) is 6.42 Å². The van der Waals surface area contributed by atoms with Gasteiger partial charge in [-0.05, 0) is 29.8 Å². The van der Waals surface area contributed by atoms with Crippen LogP contribution in [0.25, 0.3) is 0 Å². The normalized spacial score (nSPS) is 10.4. The molecule has 0 aliphatic heterocycles. The van der Waals surface area contributed by atoms with Gasteiger partial charge in [-0.25, -0.2) is 13.8 Å². The molecule has 5 nitrogen and oxygen atoms in total. The second-order valence-corrected chi connectivity index (χ2v) is 6.77. The van der Waals surface area contributed by atoms with E-state index < -0.39 is 17.5 Å². The summed E-state index contributed by atoms with van der Waals surface area (Å²) in [6, 6.07) is 12.3. The third-order valence-corrected chi connectivity index (χ3v) is 4.52. The Balaban J connectivity index is 1.51. The van der Waals surface area contributed by atoms with Gasteiger partial charge in [0.1, 0.15) is 0 Å². The Bertz CT molecular complexity index is 961. The summed E-state index contributed by atoms with van der Waals surface area (Å²) in [5, 5.41) is 5.49. The first kappa shape index (κ1) is 18.7. The van der Waals surface area contributed by atoms with Crippen LogP contribution in [0.15, 0.2) is 54.7 Å². The molecule has 138 valence electrons. The number of carbonyl (C=O) groups excluding carboxylic acids is 2. The van der Waals surface area contributed by atoms with Gasteiger partial charge < -0.3 is 10.6 Å². The molecule has 2 N–H and O–H groups in total. The minimum atomic E-state index is -0.903. The highest BCUT2D eigenvalue weighted by Crippen LogP contribution is 2.22. The van der Waals surface area contributed by atoms with Crippen molar-refractivity contribution in [3.05, 3.63) is 82.4 Å². The van der Waals surface area contributed by atoms with Crippen LogP contribution in [-0.2, 0) is 11.2 Å². The molecule has 0 saturated heterocycles. The topological polar surface area (TPSA) is 71.1 Å². The molecule has 0 spiro atoms. The highest BCUT2D eigenvalue weighted by molar-refractivity contribution is 7.15. The zero-order valence-electron chi connectivity index (χ0n) is 14.0. The lowest BCUT2D eigenvalue weighted by Crippen LogP contribution is -2.32. The number of carbonyl (C=O) groups is 2. The van der Waals surface area contributed by atoms with Crippen molar-refractivity contribution in [2.24, 2.45) is 0 Å². The van der Waals surface area contributed by atoms with Crippen LogP contribution in [-0.4, -0.2) is 23.3 Å². The summed E-state index contributed by atoms with van der Waals surface area (Å²) in [7, 11) is 0. The molecule has 2 aromatic carbocycles. The molecule has 3 aromatic rings. The van der Waals surface area contributed by atoms with E-state index in [1.54, 1.807) is 36.5 Å². The maximum absolute atomic E-state index is 13.3. The summed E-state index contributed by atoms with van der Waals surface area (Å²) in [4.78, 5) is 28.7. The summed E-state index contributed by atoms with van der Waals surface area (Å²) in [5.74, 6) is -2.55. The summed E-state index contributed by atoms with van der Waals surface area (Å²) in [6.07, 6.45) is 1.93. The molecule has 0 unspecified atom stereocenters. The Kier molecular flexibility index (Phi) is 5.87. The number of thiazole rings is 1. The second-order valence-electron chi connectivity index (χ2n) is 5.65. The van der Waals surface area contributed by atoms with Gasteiger partial charge in [0.05, 0.1) is 6.54 Å². The maximum Gasteiger partial charge on any atom is 0.251 e. The van der Waals surface area contributed by atoms with Gasteiger partial charge in [-0.2, -0.15) is 0 Å². The number of nitrogens with one attached hydrogen (secondary N) is 2. The quantitative estimate of drug-likeness (QED) is 0.681. The van der Waals surface area contributed by atoms with Gasteiger partial charge in [0.25, 0.3) is 5.91 Å². The number of hydrogen-bond acceptors (Lipinski definition) is 4. The molecule has 27 heavy (non-hydrogen) atoms. The molecule has 0 atom stereocenters. The van der Waals surface area contributed by atoms with Gasteiger partial charge in [0.2, 0.25) is 5.91 Å². The predicted octanol–water partition coefficient (Wildman–Crippen LogP) is 3.38. The number of halogens is 2. The van der Waals surface area contributed by atoms with E-state index >= 15 is 0 Å². The number of nitrogens with zero attached hydrogens (tertiary/aromatic N) is 1. The third kappa shape index (κ3) is 5.18. The fourth-order valence-electron chi connectivity index (χ4n) is 2.31. The van der Waals surface area contributed by atoms with Crippen LogP contribution in [0.3, 0.4) is 0 Å². The first-order valence-electron chi connectivity index (χ1n) is 8.03. The largest absolute Gasteiger partial charge is 0.343 e. The van der Waals surface area contributed by atoms with Gasteiger partial charge in [0.15, 0.2) is 16.8 Å². The maximum atomic E-state index is 13.3. The van der Waals surface area contributed by atoms with Crippen LogP contribution in [0.5, 0.6) is 0 Å². The van der Waals surface area contributed by atoms with E-state index in [1.165, 1.54) is 17.4 Å².